The second kappa shape index (κ2) is 7.34. The molecule has 2 unspecified atom stereocenters. The van der Waals surface area contributed by atoms with Crippen LogP contribution in [0.5, 0.6) is 17.2 Å². The van der Waals surface area contributed by atoms with E-state index >= 15 is 0 Å². The Morgan fingerprint density at radius 3 is 2.05 bits per heavy atom. The summed E-state index contributed by atoms with van der Waals surface area (Å²) in [5.74, 6) is 1.59. The van der Waals surface area contributed by atoms with Gasteiger partial charge in [0.05, 0.1) is 21.3 Å². The lowest BCUT2D eigenvalue weighted by Crippen LogP contribution is -2.07. The van der Waals surface area contributed by atoms with Crippen molar-refractivity contribution in [2.24, 2.45) is 0 Å². The third-order valence-corrected chi connectivity index (χ3v) is 3.15. The lowest BCUT2D eigenvalue weighted by Gasteiger charge is -2.14. The molecule has 0 amide bonds. The van der Waals surface area contributed by atoms with E-state index in [-0.39, 0.29) is 5.78 Å². The molecule has 0 aromatic heterocycles. The van der Waals surface area contributed by atoms with E-state index in [2.05, 4.69) is 16.2 Å². The molecule has 19 heavy (non-hydrogen) atoms. The molecule has 0 aliphatic heterocycles. The van der Waals surface area contributed by atoms with Crippen molar-refractivity contribution in [1.29, 1.82) is 0 Å². The summed E-state index contributed by atoms with van der Waals surface area (Å²) in [6, 6.07) is 3.39. The molecule has 0 radical (unpaired) electrons. The number of methoxy groups -OCH3 is 3. The smallest absolute Gasteiger partial charge is 0.170 e. The maximum atomic E-state index is 12.3. The molecule has 1 aromatic rings. The summed E-state index contributed by atoms with van der Waals surface area (Å²) in [6.45, 7) is 2.06. The van der Waals surface area contributed by atoms with Crippen LogP contribution in [0.1, 0.15) is 30.1 Å². The minimum atomic E-state index is 0.0191. The number of hydrogen-bond acceptors (Lipinski definition) is 4. The van der Waals surface area contributed by atoms with E-state index in [4.69, 9.17) is 14.2 Å². The van der Waals surface area contributed by atoms with Crippen LogP contribution in [0.15, 0.2) is 12.1 Å². The first-order chi connectivity index (χ1) is 9.03. The van der Waals surface area contributed by atoms with Gasteiger partial charge in [-0.05, 0) is 12.1 Å². The van der Waals surface area contributed by atoms with Gasteiger partial charge in [0.1, 0.15) is 22.8 Å². The van der Waals surface area contributed by atoms with Crippen LogP contribution >= 0.6 is 9.24 Å². The number of hydrogen-bond donors (Lipinski definition) is 0. The maximum Gasteiger partial charge on any atom is 0.170 e. The van der Waals surface area contributed by atoms with Crippen LogP contribution in [0.3, 0.4) is 0 Å². The summed E-state index contributed by atoms with van der Waals surface area (Å²) in [6.07, 6.45) is 1.27. The number of carbonyl (C=O) groups excluding carboxylic acids is 1. The summed E-state index contributed by atoms with van der Waals surface area (Å²) in [5, 5.41) is 0. The number of ether oxygens (including phenoxy) is 3. The molecule has 0 N–H and O–H groups in total. The number of ketones is 1. The summed E-state index contributed by atoms with van der Waals surface area (Å²) >= 11 is 0. The van der Waals surface area contributed by atoms with Crippen LogP contribution in [0.4, 0.5) is 0 Å². The molecule has 4 nitrogen and oxygen atoms in total. The van der Waals surface area contributed by atoms with Gasteiger partial charge >= 0.3 is 0 Å². The summed E-state index contributed by atoms with van der Waals surface area (Å²) in [5.41, 5.74) is 0.885. The Balaban J connectivity index is 3.12. The summed E-state index contributed by atoms with van der Waals surface area (Å²) in [4.78, 5) is 12.3. The third kappa shape index (κ3) is 4.10. The van der Waals surface area contributed by atoms with Gasteiger partial charge in [-0.15, -0.1) is 9.24 Å². The maximum absolute atomic E-state index is 12.3. The van der Waals surface area contributed by atoms with Crippen LogP contribution in [-0.2, 0) is 0 Å². The number of rotatable bonds is 7. The van der Waals surface area contributed by atoms with Gasteiger partial charge in [0.2, 0.25) is 0 Å². The van der Waals surface area contributed by atoms with E-state index in [0.29, 0.717) is 34.9 Å². The van der Waals surface area contributed by atoms with Crippen molar-refractivity contribution in [2.75, 3.05) is 21.3 Å². The van der Waals surface area contributed by atoms with Crippen molar-refractivity contribution in [2.45, 2.75) is 25.4 Å². The molecule has 0 aliphatic carbocycles. The molecule has 0 aliphatic rings. The predicted molar refractivity (Wildman–Crippen MR) is 78.8 cm³/mol. The van der Waals surface area contributed by atoms with Gasteiger partial charge < -0.3 is 14.2 Å². The zero-order chi connectivity index (χ0) is 14.4. The van der Waals surface area contributed by atoms with Crippen molar-refractivity contribution in [1.82, 2.24) is 0 Å². The van der Waals surface area contributed by atoms with Crippen molar-refractivity contribution in [3.63, 3.8) is 0 Å². The fourth-order valence-corrected chi connectivity index (χ4v) is 1.93. The van der Waals surface area contributed by atoms with E-state index in [1.807, 2.05) is 0 Å². The Hall–Kier alpha value is -1.28. The number of Topliss-reactive ketones (excluding diaryl/α,β-unsaturated/α-hetero) is 1. The monoisotopic (exact) mass is 284 g/mol. The van der Waals surface area contributed by atoms with E-state index in [0.717, 1.165) is 6.42 Å². The molecular formula is C14H21O4P. The molecule has 0 saturated heterocycles. The fraction of sp³-hybridized carbons (Fsp3) is 0.500. The first-order valence-corrected chi connectivity index (χ1v) is 6.79. The molecule has 0 fully saturated rings. The minimum absolute atomic E-state index is 0.0191. The Bertz CT molecular complexity index is 418. The Morgan fingerprint density at radius 2 is 1.68 bits per heavy atom. The van der Waals surface area contributed by atoms with Gasteiger partial charge in [0, 0.05) is 18.6 Å². The zero-order valence-corrected chi connectivity index (χ0v) is 13.0. The highest BCUT2D eigenvalue weighted by atomic mass is 31.0. The Kier molecular flexibility index (Phi) is 6.10. The van der Waals surface area contributed by atoms with E-state index in [1.54, 1.807) is 19.2 Å². The van der Waals surface area contributed by atoms with Gasteiger partial charge in [-0.25, -0.2) is 0 Å². The highest BCUT2D eigenvalue weighted by Gasteiger charge is 2.20. The molecule has 106 valence electrons. The lowest BCUT2D eigenvalue weighted by molar-refractivity contribution is 0.0974. The standard InChI is InChI=1S/C14H21O4P/c1-9(19)5-6-11(15)14-12(17-3)7-10(16-2)8-13(14)18-4/h7-9H,5-6,19H2,1-4H3. The third-order valence-electron chi connectivity index (χ3n) is 2.82. The second-order valence-electron chi connectivity index (χ2n) is 4.35. The molecule has 5 heteroatoms. The highest BCUT2D eigenvalue weighted by Crippen LogP contribution is 2.35. The molecule has 0 spiro atoms. The van der Waals surface area contributed by atoms with Gasteiger partial charge in [-0.2, -0.15) is 0 Å². The average Bonchev–Trinajstić information content (AvgIpc) is 2.42. The molecule has 1 aromatic carbocycles. The summed E-state index contributed by atoms with van der Waals surface area (Å²) in [7, 11) is 7.31. The van der Waals surface area contributed by atoms with Gasteiger partial charge in [0.25, 0.3) is 0 Å². The quantitative estimate of drug-likeness (QED) is 0.570. The largest absolute Gasteiger partial charge is 0.496 e. The Morgan fingerprint density at radius 1 is 1.16 bits per heavy atom. The van der Waals surface area contributed by atoms with Crippen molar-refractivity contribution in [3.8, 4) is 17.2 Å². The summed E-state index contributed by atoms with van der Waals surface area (Å²) < 4.78 is 15.7. The number of benzene rings is 1. The first kappa shape index (κ1) is 15.8. The van der Waals surface area contributed by atoms with Crippen molar-refractivity contribution < 1.29 is 19.0 Å². The van der Waals surface area contributed by atoms with Crippen molar-refractivity contribution >= 4 is 15.0 Å². The first-order valence-electron chi connectivity index (χ1n) is 6.12. The van der Waals surface area contributed by atoms with Crippen LogP contribution in [0.2, 0.25) is 0 Å². The average molecular weight is 284 g/mol. The predicted octanol–water partition coefficient (Wildman–Crippen LogP) is 2.94. The van der Waals surface area contributed by atoms with Crippen LogP contribution in [0.25, 0.3) is 0 Å². The molecule has 0 heterocycles. The minimum Gasteiger partial charge on any atom is -0.496 e. The normalized spacial score (nSPS) is 11.8. The molecule has 0 saturated carbocycles. The molecular weight excluding hydrogens is 263 g/mol. The second-order valence-corrected chi connectivity index (χ2v) is 5.48. The van der Waals surface area contributed by atoms with Gasteiger partial charge in [-0.1, -0.05) is 6.92 Å². The topological polar surface area (TPSA) is 44.8 Å². The van der Waals surface area contributed by atoms with Crippen LogP contribution in [-0.4, -0.2) is 32.8 Å². The highest BCUT2D eigenvalue weighted by molar-refractivity contribution is 7.17. The van der Waals surface area contributed by atoms with E-state index < -0.39 is 0 Å². The van der Waals surface area contributed by atoms with E-state index in [1.165, 1.54) is 14.2 Å². The van der Waals surface area contributed by atoms with Gasteiger partial charge in [0.15, 0.2) is 5.78 Å². The van der Waals surface area contributed by atoms with Crippen LogP contribution < -0.4 is 14.2 Å². The Labute approximate surface area is 116 Å². The zero-order valence-electron chi connectivity index (χ0n) is 11.9. The fourth-order valence-electron chi connectivity index (χ4n) is 1.76. The molecule has 0 bridgehead atoms. The molecule has 1 rings (SSSR count). The lowest BCUT2D eigenvalue weighted by atomic mass is 10.0. The van der Waals surface area contributed by atoms with Crippen LogP contribution in [0, 0.1) is 0 Å². The SMILES string of the molecule is COc1cc(OC)c(C(=O)CCC(C)P)c(OC)c1. The van der Waals surface area contributed by atoms with E-state index in [9.17, 15) is 4.79 Å². The molecule has 2 atom stereocenters. The number of carbonyl (C=O) groups is 1. The van der Waals surface area contributed by atoms with Gasteiger partial charge in [-0.3, -0.25) is 4.79 Å². The van der Waals surface area contributed by atoms with Crippen molar-refractivity contribution in [3.05, 3.63) is 17.7 Å².